The van der Waals surface area contributed by atoms with Crippen molar-refractivity contribution in [3.8, 4) is 11.4 Å². The van der Waals surface area contributed by atoms with Crippen molar-refractivity contribution in [3.63, 3.8) is 0 Å². The number of aryl methyl sites for hydroxylation is 1. The molecule has 1 saturated heterocycles. The van der Waals surface area contributed by atoms with Crippen molar-refractivity contribution in [2.75, 3.05) is 13.1 Å². The van der Waals surface area contributed by atoms with Crippen LogP contribution in [-0.2, 0) is 0 Å². The van der Waals surface area contributed by atoms with Gasteiger partial charge in [0.05, 0.1) is 10.8 Å². The summed E-state index contributed by atoms with van der Waals surface area (Å²) in [6.45, 7) is 2.64. The van der Waals surface area contributed by atoms with Gasteiger partial charge < -0.3 is 9.42 Å². The molecule has 0 N–H and O–H groups in total. The lowest BCUT2D eigenvalue weighted by atomic mass is 9.97. The largest absolute Gasteiger partial charge is 0.339 e. The van der Waals surface area contributed by atoms with Crippen LogP contribution < -0.4 is 0 Å². The molecule has 3 aromatic rings. The highest BCUT2D eigenvalue weighted by atomic mass is 35.5. The highest BCUT2D eigenvalue weighted by molar-refractivity contribution is 6.30. The van der Waals surface area contributed by atoms with Crippen LogP contribution in [0.4, 0.5) is 5.69 Å². The predicted octanol–water partition coefficient (Wildman–Crippen LogP) is 4.63. The lowest BCUT2D eigenvalue weighted by molar-refractivity contribution is -0.385. The number of nitrogens with zero attached hydrogens (tertiary/aromatic N) is 4. The lowest BCUT2D eigenvalue weighted by Gasteiger charge is -2.31. The van der Waals surface area contributed by atoms with Gasteiger partial charge in [-0.05, 0) is 38.0 Å². The first-order chi connectivity index (χ1) is 14.4. The third kappa shape index (κ3) is 4.04. The summed E-state index contributed by atoms with van der Waals surface area (Å²) in [5.74, 6) is 0.586. The van der Waals surface area contributed by atoms with Crippen LogP contribution in [0.15, 0.2) is 47.0 Å². The Bertz CT molecular complexity index is 1110. The molecule has 30 heavy (non-hydrogen) atoms. The molecule has 0 saturated carbocycles. The van der Waals surface area contributed by atoms with Crippen LogP contribution in [0.2, 0.25) is 5.02 Å². The Morgan fingerprint density at radius 1 is 1.30 bits per heavy atom. The van der Waals surface area contributed by atoms with E-state index < -0.39 is 4.92 Å². The monoisotopic (exact) mass is 426 g/mol. The number of likely N-dealkylation sites (tertiary alicyclic amines) is 1. The number of carbonyl (C=O) groups excluding carboxylic acids is 1. The SMILES string of the molecule is Cc1ccc(C(=O)N2CCCC(c3nc(-c4cccc(Cl)c4)no3)C2)cc1[N+](=O)[O-]. The number of hydrogen-bond acceptors (Lipinski definition) is 6. The maximum Gasteiger partial charge on any atom is 0.273 e. The molecule has 154 valence electrons. The molecule has 9 heteroatoms. The Labute approximate surface area is 177 Å². The zero-order valence-corrected chi connectivity index (χ0v) is 17.0. The molecule has 2 aromatic carbocycles. The summed E-state index contributed by atoms with van der Waals surface area (Å²) in [5, 5.41) is 15.8. The maximum atomic E-state index is 12.9. The normalized spacial score (nSPS) is 16.5. The van der Waals surface area contributed by atoms with Gasteiger partial charge >= 0.3 is 0 Å². The van der Waals surface area contributed by atoms with Crippen molar-refractivity contribution in [1.82, 2.24) is 15.0 Å². The molecule has 0 bridgehead atoms. The number of piperidine rings is 1. The zero-order chi connectivity index (χ0) is 21.3. The Morgan fingerprint density at radius 3 is 2.90 bits per heavy atom. The van der Waals surface area contributed by atoms with Crippen molar-refractivity contribution in [3.05, 3.63) is 74.6 Å². The fourth-order valence-electron chi connectivity index (χ4n) is 3.63. The van der Waals surface area contributed by atoms with Gasteiger partial charge in [-0.3, -0.25) is 14.9 Å². The fourth-order valence-corrected chi connectivity index (χ4v) is 3.82. The molecular formula is C21H19ClN4O4. The number of benzene rings is 2. The molecule has 1 amide bonds. The molecule has 8 nitrogen and oxygen atoms in total. The summed E-state index contributed by atoms with van der Waals surface area (Å²) in [6, 6.07) is 11.8. The highest BCUT2D eigenvalue weighted by Crippen LogP contribution is 2.29. The van der Waals surface area contributed by atoms with E-state index in [-0.39, 0.29) is 17.5 Å². The average molecular weight is 427 g/mol. The van der Waals surface area contributed by atoms with Crippen LogP contribution in [0.3, 0.4) is 0 Å². The Morgan fingerprint density at radius 2 is 2.13 bits per heavy atom. The van der Waals surface area contributed by atoms with Crippen LogP contribution >= 0.6 is 11.6 Å². The van der Waals surface area contributed by atoms with E-state index in [0.717, 1.165) is 18.4 Å². The molecule has 1 aromatic heterocycles. The number of amides is 1. The van der Waals surface area contributed by atoms with E-state index in [1.165, 1.54) is 6.07 Å². The summed E-state index contributed by atoms with van der Waals surface area (Å²) >= 11 is 6.03. The summed E-state index contributed by atoms with van der Waals surface area (Å²) in [7, 11) is 0. The quantitative estimate of drug-likeness (QED) is 0.445. The van der Waals surface area contributed by atoms with E-state index in [0.29, 0.717) is 41.0 Å². The molecule has 1 aliphatic heterocycles. The smallest absolute Gasteiger partial charge is 0.273 e. The van der Waals surface area contributed by atoms with Crippen LogP contribution in [0.25, 0.3) is 11.4 Å². The third-order valence-corrected chi connectivity index (χ3v) is 5.47. The van der Waals surface area contributed by atoms with Gasteiger partial charge in [0, 0.05) is 40.9 Å². The van der Waals surface area contributed by atoms with Gasteiger partial charge in [0.2, 0.25) is 11.7 Å². The predicted molar refractivity (Wildman–Crippen MR) is 110 cm³/mol. The first-order valence-electron chi connectivity index (χ1n) is 9.56. The van der Waals surface area contributed by atoms with Crippen LogP contribution in [0.5, 0.6) is 0 Å². The number of rotatable bonds is 4. The Balaban J connectivity index is 1.52. The summed E-state index contributed by atoms with van der Waals surface area (Å²) in [4.78, 5) is 29.9. The van der Waals surface area contributed by atoms with Gasteiger partial charge in [0.1, 0.15) is 0 Å². The van der Waals surface area contributed by atoms with Crippen molar-refractivity contribution in [1.29, 1.82) is 0 Å². The van der Waals surface area contributed by atoms with Crippen molar-refractivity contribution < 1.29 is 14.2 Å². The Kier molecular flexibility index (Phi) is 5.50. The molecule has 0 aliphatic carbocycles. The van der Waals surface area contributed by atoms with Crippen LogP contribution in [0, 0.1) is 17.0 Å². The second kappa shape index (κ2) is 8.23. The van der Waals surface area contributed by atoms with E-state index in [1.807, 2.05) is 12.1 Å². The fraction of sp³-hybridized carbons (Fsp3) is 0.286. The van der Waals surface area contributed by atoms with E-state index in [1.54, 1.807) is 36.1 Å². The average Bonchev–Trinajstić information content (AvgIpc) is 3.24. The summed E-state index contributed by atoms with van der Waals surface area (Å²) in [5.41, 5.74) is 1.52. The standard InChI is InChI=1S/C21H19ClN4O4/c1-13-7-8-15(11-18(13)26(28)29)21(27)25-9-3-5-16(12-25)20-23-19(24-30-20)14-4-2-6-17(22)10-14/h2,4,6-8,10-11,16H,3,5,9,12H2,1H3. The van der Waals surface area contributed by atoms with E-state index in [9.17, 15) is 14.9 Å². The van der Waals surface area contributed by atoms with Gasteiger partial charge in [-0.1, -0.05) is 35.0 Å². The number of nitro benzene ring substituents is 1. The molecular weight excluding hydrogens is 408 g/mol. The zero-order valence-electron chi connectivity index (χ0n) is 16.2. The van der Waals surface area contributed by atoms with Crippen molar-refractivity contribution in [2.24, 2.45) is 0 Å². The lowest BCUT2D eigenvalue weighted by Crippen LogP contribution is -2.39. The van der Waals surface area contributed by atoms with E-state index >= 15 is 0 Å². The van der Waals surface area contributed by atoms with Crippen LogP contribution in [0.1, 0.15) is 40.6 Å². The van der Waals surface area contributed by atoms with Crippen molar-refractivity contribution in [2.45, 2.75) is 25.7 Å². The molecule has 1 unspecified atom stereocenters. The molecule has 1 fully saturated rings. The number of halogens is 1. The molecule has 0 radical (unpaired) electrons. The second-order valence-corrected chi connectivity index (χ2v) is 7.75. The first kappa shape index (κ1) is 20.0. The number of carbonyl (C=O) groups is 1. The molecule has 0 spiro atoms. The van der Waals surface area contributed by atoms with Crippen LogP contribution in [-0.4, -0.2) is 39.0 Å². The molecule has 4 rings (SSSR count). The maximum absolute atomic E-state index is 12.9. The van der Waals surface area contributed by atoms with Gasteiger partial charge in [-0.25, -0.2) is 0 Å². The van der Waals surface area contributed by atoms with Gasteiger partial charge in [0.15, 0.2) is 0 Å². The third-order valence-electron chi connectivity index (χ3n) is 5.24. The Hall–Kier alpha value is -3.26. The minimum atomic E-state index is -0.471. The van der Waals surface area contributed by atoms with Gasteiger partial charge in [-0.15, -0.1) is 0 Å². The highest BCUT2D eigenvalue weighted by Gasteiger charge is 2.30. The van der Waals surface area contributed by atoms with E-state index in [4.69, 9.17) is 16.1 Å². The van der Waals surface area contributed by atoms with Gasteiger partial charge in [-0.2, -0.15) is 4.98 Å². The van der Waals surface area contributed by atoms with E-state index in [2.05, 4.69) is 10.1 Å². The van der Waals surface area contributed by atoms with Crippen molar-refractivity contribution >= 4 is 23.2 Å². The minimum absolute atomic E-state index is 0.0579. The number of nitro groups is 1. The minimum Gasteiger partial charge on any atom is -0.339 e. The number of aromatic nitrogens is 2. The molecule has 1 atom stereocenters. The molecule has 2 heterocycles. The number of hydrogen-bond donors (Lipinski definition) is 0. The molecule has 1 aliphatic rings. The second-order valence-electron chi connectivity index (χ2n) is 7.32. The topological polar surface area (TPSA) is 102 Å². The van der Waals surface area contributed by atoms with Gasteiger partial charge in [0.25, 0.3) is 11.6 Å². The summed E-state index contributed by atoms with van der Waals surface area (Å²) < 4.78 is 5.47. The summed E-state index contributed by atoms with van der Waals surface area (Å²) in [6.07, 6.45) is 1.59. The first-order valence-corrected chi connectivity index (χ1v) is 9.94.